The SMILES string of the molecule is CC(C)N1CCC(Nc2cncc(-c3cnc4cnc(NC(=O)C5CC5)cc4c3)n2)CC1. The number of likely N-dealkylation sites (tertiary alicyclic amines) is 1. The van der Waals surface area contributed by atoms with Crippen LogP contribution in [-0.4, -0.2) is 55.9 Å². The molecule has 5 rings (SSSR count). The minimum atomic E-state index is 0.0461. The van der Waals surface area contributed by atoms with Gasteiger partial charge in [-0.05, 0) is 51.7 Å². The fourth-order valence-electron chi connectivity index (χ4n) is 4.16. The molecule has 1 amide bonds. The number of pyridine rings is 2. The van der Waals surface area contributed by atoms with Crippen molar-refractivity contribution in [3.8, 4) is 11.3 Å². The third-order valence-electron chi connectivity index (χ3n) is 6.31. The van der Waals surface area contributed by atoms with Gasteiger partial charge < -0.3 is 15.5 Å². The van der Waals surface area contributed by atoms with Gasteiger partial charge in [-0.2, -0.15) is 0 Å². The summed E-state index contributed by atoms with van der Waals surface area (Å²) in [6.07, 6.45) is 11.1. The molecule has 2 N–H and O–H groups in total. The first-order valence-corrected chi connectivity index (χ1v) is 11.4. The molecule has 1 saturated heterocycles. The van der Waals surface area contributed by atoms with Crippen LogP contribution in [0.25, 0.3) is 22.2 Å². The molecule has 8 nitrogen and oxygen atoms in total. The van der Waals surface area contributed by atoms with E-state index in [1.54, 1.807) is 24.8 Å². The average molecular weight is 432 g/mol. The standard InChI is InChI=1S/C24H29N7O/c1-15(2)31-7-5-19(6-8-31)28-23-14-25-12-21(29-23)18-9-17-10-22(27-13-20(17)26-11-18)30-24(32)16-3-4-16/h9-16,19H,3-8H2,1-2H3,(H,28,29)(H,27,30,32). The van der Waals surface area contributed by atoms with E-state index in [9.17, 15) is 4.79 Å². The molecular weight excluding hydrogens is 402 g/mol. The van der Waals surface area contributed by atoms with Gasteiger partial charge in [0.05, 0.1) is 29.8 Å². The van der Waals surface area contributed by atoms with Gasteiger partial charge in [-0.1, -0.05) is 0 Å². The van der Waals surface area contributed by atoms with Crippen molar-refractivity contribution in [2.75, 3.05) is 23.7 Å². The summed E-state index contributed by atoms with van der Waals surface area (Å²) in [4.78, 5) is 32.6. The van der Waals surface area contributed by atoms with Crippen LogP contribution in [0, 0.1) is 5.92 Å². The van der Waals surface area contributed by atoms with Gasteiger partial charge in [0.25, 0.3) is 0 Å². The van der Waals surface area contributed by atoms with Gasteiger partial charge in [0.2, 0.25) is 5.91 Å². The Morgan fingerprint density at radius 2 is 1.81 bits per heavy atom. The highest BCUT2D eigenvalue weighted by atomic mass is 16.2. The minimum Gasteiger partial charge on any atom is -0.366 e. The monoisotopic (exact) mass is 431 g/mol. The second-order valence-corrected chi connectivity index (χ2v) is 9.09. The van der Waals surface area contributed by atoms with E-state index in [-0.39, 0.29) is 11.8 Å². The van der Waals surface area contributed by atoms with Crippen molar-refractivity contribution in [1.29, 1.82) is 0 Å². The van der Waals surface area contributed by atoms with Gasteiger partial charge in [-0.25, -0.2) is 9.97 Å². The van der Waals surface area contributed by atoms with Crippen LogP contribution >= 0.6 is 0 Å². The molecule has 0 atom stereocenters. The zero-order valence-corrected chi connectivity index (χ0v) is 18.6. The second-order valence-electron chi connectivity index (χ2n) is 9.09. The Balaban J connectivity index is 1.31. The molecule has 0 aromatic carbocycles. The zero-order chi connectivity index (χ0) is 22.1. The van der Waals surface area contributed by atoms with E-state index in [2.05, 4.69) is 44.3 Å². The number of hydrogen-bond donors (Lipinski definition) is 2. The summed E-state index contributed by atoms with van der Waals surface area (Å²) in [5, 5.41) is 7.36. The first-order chi connectivity index (χ1) is 15.5. The minimum absolute atomic E-state index is 0.0461. The Hall–Kier alpha value is -3.13. The molecule has 1 aliphatic carbocycles. The zero-order valence-electron chi connectivity index (χ0n) is 18.6. The van der Waals surface area contributed by atoms with E-state index in [0.29, 0.717) is 17.9 Å². The molecule has 4 heterocycles. The molecule has 3 aromatic heterocycles. The van der Waals surface area contributed by atoms with Crippen molar-refractivity contribution in [3.63, 3.8) is 0 Å². The van der Waals surface area contributed by atoms with Crippen molar-refractivity contribution in [2.24, 2.45) is 5.92 Å². The van der Waals surface area contributed by atoms with Crippen LogP contribution in [-0.2, 0) is 4.79 Å². The number of carbonyl (C=O) groups is 1. The molecule has 1 aliphatic heterocycles. The highest BCUT2D eigenvalue weighted by molar-refractivity contribution is 5.95. The van der Waals surface area contributed by atoms with E-state index >= 15 is 0 Å². The number of rotatable bonds is 6. The van der Waals surface area contributed by atoms with Crippen LogP contribution in [0.5, 0.6) is 0 Å². The number of aromatic nitrogens is 4. The number of nitrogens with one attached hydrogen (secondary N) is 2. The van der Waals surface area contributed by atoms with Crippen LogP contribution in [0.1, 0.15) is 39.5 Å². The van der Waals surface area contributed by atoms with E-state index in [1.807, 2.05) is 12.1 Å². The van der Waals surface area contributed by atoms with Gasteiger partial charge in [0, 0.05) is 48.2 Å². The fraction of sp³-hybridized carbons (Fsp3) is 0.458. The summed E-state index contributed by atoms with van der Waals surface area (Å²) in [5.41, 5.74) is 2.43. The van der Waals surface area contributed by atoms with E-state index in [0.717, 1.165) is 66.8 Å². The molecular formula is C24H29N7O. The predicted molar refractivity (Wildman–Crippen MR) is 125 cm³/mol. The number of fused-ring (bicyclic) bond motifs is 1. The van der Waals surface area contributed by atoms with Crippen LogP contribution in [0.2, 0.25) is 0 Å². The van der Waals surface area contributed by atoms with Crippen LogP contribution in [0.15, 0.2) is 36.9 Å². The van der Waals surface area contributed by atoms with Gasteiger partial charge in [-0.3, -0.25) is 14.8 Å². The summed E-state index contributed by atoms with van der Waals surface area (Å²) < 4.78 is 0. The van der Waals surface area contributed by atoms with Crippen LogP contribution in [0.3, 0.4) is 0 Å². The molecule has 3 aromatic rings. The number of amides is 1. The lowest BCUT2D eigenvalue weighted by Crippen LogP contribution is -2.42. The normalized spacial score (nSPS) is 17.6. The predicted octanol–water partition coefficient (Wildman–Crippen LogP) is 3.72. The molecule has 8 heteroatoms. The second kappa shape index (κ2) is 8.78. The lowest BCUT2D eigenvalue weighted by molar-refractivity contribution is -0.117. The van der Waals surface area contributed by atoms with Crippen molar-refractivity contribution in [2.45, 2.75) is 51.6 Å². The van der Waals surface area contributed by atoms with Crippen molar-refractivity contribution in [1.82, 2.24) is 24.8 Å². The molecule has 2 fully saturated rings. The lowest BCUT2D eigenvalue weighted by Gasteiger charge is -2.35. The third kappa shape index (κ3) is 4.70. The molecule has 1 saturated carbocycles. The molecule has 0 spiro atoms. The first kappa shape index (κ1) is 20.8. The number of piperidine rings is 1. The van der Waals surface area contributed by atoms with E-state index in [1.165, 1.54) is 0 Å². The Morgan fingerprint density at radius 3 is 2.56 bits per heavy atom. The Bertz CT molecular complexity index is 1120. The number of anilines is 2. The topological polar surface area (TPSA) is 95.9 Å². The number of hydrogen-bond acceptors (Lipinski definition) is 7. The maximum absolute atomic E-state index is 12.1. The number of nitrogens with zero attached hydrogens (tertiary/aromatic N) is 5. The van der Waals surface area contributed by atoms with Crippen LogP contribution in [0.4, 0.5) is 11.6 Å². The van der Waals surface area contributed by atoms with Gasteiger partial charge in [0.15, 0.2) is 0 Å². The largest absolute Gasteiger partial charge is 0.366 e. The van der Waals surface area contributed by atoms with Crippen molar-refractivity contribution < 1.29 is 4.79 Å². The van der Waals surface area contributed by atoms with Crippen molar-refractivity contribution >= 4 is 28.4 Å². The van der Waals surface area contributed by atoms with Gasteiger partial charge >= 0.3 is 0 Å². The van der Waals surface area contributed by atoms with E-state index < -0.39 is 0 Å². The maximum atomic E-state index is 12.1. The summed E-state index contributed by atoms with van der Waals surface area (Å²) in [5.74, 6) is 1.53. The molecule has 32 heavy (non-hydrogen) atoms. The Morgan fingerprint density at radius 1 is 1.00 bits per heavy atom. The van der Waals surface area contributed by atoms with Gasteiger partial charge in [-0.15, -0.1) is 0 Å². The van der Waals surface area contributed by atoms with Crippen molar-refractivity contribution in [3.05, 3.63) is 36.9 Å². The number of carbonyl (C=O) groups excluding carboxylic acids is 1. The van der Waals surface area contributed by atoms with Crippen LogP contribution < -0.4 is 10.6 Å². The summed E-state index contributed by atoms with van der Waals surface area (Å²) in [6.45, 7) is 6.70. The smallest absolute Gasteiger partial charge is 0.228 e. The van der Waals surface area contributed by atoms with Gasteiger partial charge in [0.1, 0.15) is 11.6 Å². The maximum Gasteiger partial charge on any atom is 0.228 e. The molecule has 0 unspecified atom stereocenters. The highest BCUT2D eigenvalue weighted by Gasteiger charge is 2.29. The summed E-state index contributed by atoms with van der Waals surface area (Å²) in [7, 11) is 0. The fourth-order valence-corrected chi connectivity index (χ4v) is 4.16. The molecule has 166 valence electrons. The average Bonchev–Trinajstić information content (AvgIpc) is 3.65. The third-order valence-corrected chi connectivity index (χ3v) is 6.31. The molecule has 2 aliphatic rings. The Kier molecular flexibility index (Phi) is 5.70. The summed E-state index contributed by atoms with van der Waals surface area (Å²) in [6, 6.07) is 4.89. The Labute approximate surface area is 187 Å². The quantitative estimate of drug-likeness (QED) is 0.614. The molecule has 0 bridgehead atoms. The lowest BCUT2D eigenvalue weighted by atomic mass is 10.0. The first-order valence-electron chi connectivity index (χ1n) is 11.4. The highest BCUT2D eigenvalue weighted by Crippen LogP contribution is 2.30. The molecule has 0 radical (unpaired) electrons. The summed E-state index contributed by atoms with van der Waals surface area (Å²) >= 11 is 0. The van der Waals surface area contributed by atoms with E-state index in [4.69, 9.17) is 4.98 Å².